The summed E-state index contributed by atoms with van der Waals surface area (Å²) >= 11 is 0. The summed E-state index contributed by atoms with van der Waals surface area (Å²) in [4.78, 5) is 0. The predicted molar refractivity (Wildman–Crippen MR) is 140 cm³/mol. The highest BCUT2D eigenvalue weighted by atomic mass is 16.5. The van der Waals surface area contributed by atoms with Crippen LogP contribution in [0.4, 0.5) is 5.69 Å². The molecule has 2 N–H and O–H groups in total. The van der Waals surface area contributed by atoms with Crippen molar-refractivity contribution in [1.29, 1.82) is 0 Å². The molecule has 0 atom stereocenters. The number of para-hydroxylation sites is 3. The molecule has 0 bridgehead atoms. The number of hydrogen-bond donors (Lipinski definition) is 1. The Bertz CT molecular complexity index is 1260. The lowest BCUT2D eigenvalue weighted by molar-refractivity contribution is 0.465. The molecule has 5 rings (SSSR count). The molecular weight excluding hydrogens is 418 g/mol. The second kappa shape index (κ2) is 11.9. The van der Waals surface area contributed by atoms with Crippen molar-refractivity contribution in [2.24, 2.45) is 0 Å². The molecule has 0 amide bonds. The van der Waals surface area contributed by atoms with E-state index < -0.39 is 0 Å². The fourth-order valence-electron chi connectivity index (χ4n) is 3.37. The molecule has 5 aromatic carbocycles. The van der Waals surface area contributed by atoms with E-state index >= 15 is 0 Å². The molecule has 0 aliphatic carbocycles. The third-order valence-corrected chi connectivity index (χ3v) is 5.02. The Balaban J connectivity index is 0.000000336. The van der Waals surface area contributed by atoms with Crippen molar-refractivity contribution in [3.8, 4) is 23.0 Å². The summed E-state index contributed by atoms with van der Waals surface area (Å²) in [5.41, 5.74) is 8.49. The standard InChI is InChI=1S/C25H20O2.C6H7N/c1-4-10-20(11-5-1)18-21-19-24(26-22-12-6-2-7-13-22)16-17-25(21)27-23-14-8-3-9-15-23;7-6-4-2-1-3-5-6/h1-17,19H,18H2;1-5H,7H2. The quantitative estimate of drug-likeness (QED) is 0.268. The zero-order chi connectivity index (χ0) is 23.4. The van der Waals surface area contributed by atoms with E-state index in [0.29, 0.717) is 0 Å². The van der Waals surface area contributed by atoms with E-state index in [-0.39, 0.29) is 0 Å². The normalized spacial score (nSPS) is 10.0. The molecule has 34 heavy (non-hydrogen) atoms. The molecule has 0 aliphatic rings. The molecule has 0 saturated carbocycles. The van der Waals surface area contributed by atoms with Crippen LogP contribution in [0.5, 0.6) is 23.0 Å². The maximum Gasteiger partial charge on any atom is 0.131 e. The summed E-state index contributed by atoms with van der Waals surface area (Å²) < 4.78 is 12.1. The van der Waals surface area contributed by atoms with Crippen LogP contribution in [0, 0.1) is 0 Å². The van der Waals surface area contributed by atoms with Crippen LogP contribution in [0.25, 0.3) is 0 Å². The summed E-state index contributed by atoms with van der Waals surface area (Å²) in [5.74, 6) is 3.28. The van der Waals surface area contributed by atoms with E-state index in [1.807, 2.05) is 109 Å². The molecule has 0 radical (unpaired) electrons. The molecule has 0 unspecified atom stereocenters. The Morgan fingerprint density at radius 3 is 1.50 bits per heavy atom. The molecule has 5 aromatic rings. The van der Waals surface area contributed by atoms with E-state index in [4.69, 9.17) is 15.2 Å². The van der Waals surface area contributed by atoms with E-state index in [1.54, 1.807) is 0 Å². The van der Waals surface area contributed by atoms with Crippen LogP contribution >= 0.6 is 0 Å². The van der Waals surface area contributed by atoms with Gasteiger partial charge in [0, 0.05) is 17.7 Å². The van der Waals surface area contributed by atoms with Crippen LogP contribution in [-0.4, -0.2) is 0 Å². The van der Waals surface area contributed by atoms with E-state index in [1.165, 1.54) is 5.56 Å². The number of ether oxygens (including phenoxy) is 2. The van der Waals surface area contributed by atoms with Gasteiger partial charge in [0.1, 0.15) is 23.0 Å². The van der Waals surface area contributed by atoms with Crippen molar-refractivity contribution in [2.45, 2.75) is 6.42 Å². The van der Waals surface area contributed by atoms with Crippen LogP contribution in [0.15, 0.2) is 140 Å². The average Bonchev–Trinajstić information content (AvgIpc) is 2.88. The predicted octanol–water partition coefficient (Wildman–Crippen LogP) is 8.13. The zero-order valence-electron chi connectivity index (χ0n) is 18.9. The van der Waals surface area contributed by atoms with Crippen molar-refractivity contribution in [3.05, 3.63) is 151 Å². The Morgan fingerprint density at radius 1 is 0.471 bits per heavy atom. The first-order valence-corrected chi connectivity index (χ1v) is 11.2. The number of nitrogen functional groups attached to an aromatic ring is 1. The highest BCUT2D eigenvalue weighted by Crippen LogP contribution is 2.32. The number of hydrogen-bond acceptors (Lipinski definition) is 3. The Kier molecular flexibility index (Phi) is 7.96. The van der Waals surface area contributed by atoms with Crippen LogP contribution in [-0.2, 0) is 6.42 Å². The van der Waals surface area contributed by atoms with Crippen LogP contribution in [0.1, 0.15) is 11.1 Å². The monoisotopic (exact) mass is 445 g/mol. The average molecular weight is 446 g/mol. The summed E-state index contributed by atoms with van der Waals surface area (Å²) in [6.07, 6.45) is 0.773. The Labute approximate surface area is 201 Å². The van der Waals surface area contributed by atoms with Gasteiger partial charge in [0.25, 0.3) is 0 Å². The fourth-order valence-corrected chi connectivity index (χ4v) is 3.37. The first-order chi connectivity index (χ1) is 16.8. The molecule has 0 spiro atoms. The van der Waals surface area contributed by atoms with Gasteiger partial charge in [-0.05, 0) is 60.2 Å². The van der Waals surface area contributed by atoms with Gasteiger partial charge >= 0.3 is 0 Å². The van der Waals surface area contributed by atoms with Crippen LogP contribution in [0.3, 0.4) is 0 Å². The second-order valence-electron chi connectivity index (χ2n) is 7.67. The number of nitrogens with two attached hydrogens (primary N) is 1. The van der Waals surface area contributed by atoms with Crippen molar-refractivity contribution >= 4 is 5.69 Å². The van der Waals surface area contributed by atoms with Gasteiger partial charge in [-0.25, -0.2) is 0 Å². The molecule has 3 heteroatoms. The van der Waals surface area contributed by atoms with Gasteiger partial charge < -0.3 is 15.2 Å². The lowest BCUT2D eigenvalue weighted by atomic mass is 10.0. The number of anilines is 1. The smallest absolute Gasteiger partial charge is 0.131 e. The van der Waals surface area contributed by atoms with Gasteiger partial charge in [0.05, 0.1) is 0 Å². The Morgan fingerprint density at radius 2 is 0.971 bits per heavy atom. The third kappa shape index (κ3) is 7.01. The molecule has 0 heterocycles. The fraction of sp³-hybridized carbons (Fsp3) is 0.0323. The summed E-state index contributed by atoms with van der Waals surface area (Å²) in [7, 11) is 0. The van der Waals surface area contributed by atoms with Gasteiger partial charge in [0.15, 0.2) is 0 Å². The lowest BCUT2D eigenvalue weighted by Crippen LogP contribution is -1.95. The van der Waals surface area contributed by atoms with Crippen molar-refractivity contribution in [3.63, 3.8) is 0 Å². The van der Waals surface area contributed by atoms with Gasteiger partial charge in [-0.1, -0.05) is 84.9 Å². The highest BCUT2D eigenvalue weighted by Gasteiger charge is 2.09. The lowest BCUT2D eigenvalue weighted by Gasteiger charge is -2.14. The zero-order valence-corrected chi connectivity index (χ0v) is 18.9. The number of benzene rings is 5. The van der Waals surface area contributed by atoms with Gasteiger partial charge in [0.2, 0.25) is 0 Å². The summed E-state index contributed by atoms with van der Waals surface area (Å²) in [5, 5.41) is 0. The largest absolute Gasteiger partial charge is 0.457 e. The van der Waals surface area contributed by atoms with Crippen molar-refractivity contribution < 1.29 is 9.47 Å². The minimum Gasteiger partial charge on any atom is -0.457 e. The first-order valence-electron chi connectivity index (χ1n) is 11.2. The van der Waals surface area contributed by atoms with Crippen molar-refractivity contribution in [1.82, 2.24) is 0 Å². The van der Waals surface area contributed by atoms with Crippen molar-refractivity contribution in [2.75, 3.05) is 5.73 Å². The molecule has 0 fully saturated rings. The SMILES string of the molecule is Nc1ccccc1.c1ccc(Cc2cc(Oc3ccccc3)ccc2Oc2ccccc2)cc1. The molecule has 3 nitrogen and oxygen atoms in total. The molecule has 168 valence electrons. The topological polar surface area (TPSA) is 44.5 Å². The minimum atomic E-state index is 0.773. The summed E-state index contributed by atoms with van der Waals surface area (Å²) in [6.45, 7) is 0. The van der Waals surface area contributed by atoms with Gasteiger partial charge in [-0.3, -0.25) is 0 Å². The summed E-state index contributed by atoms with van der Waals surface area (Å²) in [6, 6.07) is 45.5. The minimum absolute atomic E-state index is 0.773. The molecule has 0 aliphatic heterocycles. The van der Waals surface area contributed by atoms with Crippen LogP contribution < -0.4 is 15.2 Å². The first kappa shape index (κ1) is 22.7. The van der Waals surface area contributed by atoms with Crippen LogP contribution in [0.2, 0.25) is 0 Å². The van der Waals surface area contributed by atoms with E-state index in [2.05, 4.69) is 30.3 Å². The molecule has 0 aromatic heterocycles. The highest BCUT2D eigenvalue weighted by molar-refractivity contribution is 5.46. The number of rotatable bonds is 6. The maximum atomic E-state index is 6.13. The van der Waals surface area contributed by atoms with E-state index in [9.17, 15) is 0 Å². The second-order valence-corrected chi connectivity index (χ2v) is 7.67. The van der Waals surface area contributed by atoms with Gasteiger partial charge in [-0.2, -0.15) is 0 Å². The third-order valence-electron chi connectivity index (χ3n) is 5.02. The molecular formula is C31H27NO2. The Hall–Kier alpha value is -4.50. The van der Waals surface area contributed by atoms with Gasteiger partial charge in [-0.15, -0.1) is 0 Å². The molecule has 0 saturated heterocycles. The van der Waals surface area contributed by atoms with E-state index in [0.717, 1.165) is 40.7 Å². The maximum absolute atomic E-state index is 6.13.